The molecule has 0 saturated carbocycles. The van der Waals surface area contributed by atoms with E-state index in [-0.39, 0.29) is 0 Å². The Bertz CT molecular complexity index is 510. The lowest BCUT2D eigenvalue weighted by Crippen LogP contribution is -2.30. The second kappa shape index (κ2) is 7.22. The summed E-state index contributed by atoms with van der Waals surface area (Å²) in [6, 6.07) is 10.6. The van der Waals surface area contributed by atoms with Crippen molar-refractivity contribution in [2.75, 3.05) is 19.6 Å². The van der Waals surface area contributed by atoms with Gasteiger partial charge in [-0.05, 0) is 36.7 Å². The highest BCUT2D eigenvalue weighted by Crippen LogP contribution is 2.15. The van der Waals surface area contributed by atoms with E-state index in [1.807, 2.05) is 12.3 Å². The van der Waals surface area contributed by atoms with Crippen LogP contribution in [0, 0.1) is 0 Å². The van der Waals surface area contributed by atoms with Gasteiger partial charge in [0.2, 0.25) is 0 Å². The summed E-state index contributed by atoms with van der Waals surface area (Å²) >= 11 is 0. The summed E-state index contributed by atoms with van der Waals surface area (Å²) in [4.78, 5) is 6.79. The van der Waals surface area contributed by atoms with E-state index in [0.717, 1.165) is 31.7 Å². The number of nitrogens with two attached hydrogens (primary N) is 1. The summed E-state index contributed by atoms with van der Waals surface area (Å²) in [6.45, 7) is 6.01. The zero-order valence-electron chi connectivity index (χ0n) is 11.7. The standard InChI is InChI=1S/C16H23N3/c1-2-3-10-19(11-8-17)13-14-6-7-16-15(12-14)5-4-9-18-16/h4-7,9,12H,2-3,8,10-11,13,17H2,1H3. The van der Waals surface area contributed by atoms with Crippen molar-refractivity contribution < 1.29 is 0 Å². The topological polar surface area (TPSA) is 42.1 Å². The molecule has 1 aromatic heterocycles. The van der Waals surface area contributed by atoms with Crippen LogP contribution in [-0.4, -0.2) is 29.5 Å². The molecule has 0 amide bonds. The van der Waals surface area contributed by atoms with E-state index in [9.17, 15) is 0 Å². The number of hydrogen-bond donors (Lipinski definition) is 1. The minimum absolute atomic E-state index is 0.721. The maximum Gasteiger partial charge on any atom is 0.0702 e. The van der Waals surface area contributed by atoms with Crippen LogP contribution in [0.2, 0.25) is 0 Å². The molecule has 0 atom stereocenters. The molecule has 0 radical (unpaired) electrons. The molecule has 0 spiro atoms. The van der Waals surface area contributed by atoms with Crippen molar-refractivity contribution in [3.63, 3.8) is 0 Å². The van der Waals surface area contributed by atoms with Gasteiger partial charge >= 0.3 is 0 Å². The number of hydrogen-bond acceptors (Lipinski definition) is 3. The van der Waals surface area contributed by atoms with Gasteiger partial charge in [-0.2, -0.15) is 0 Å². The second-order valence-corrected chi connectivity index (χ2v) is 4.95. The van der Waals surface area contributed by atoms with Gasteiger partial charge < -0.3 is 5.73 Å². The van der Waals surface area contributed by atoms with Gasteiger partial charge in [-0.25, -0.2) is 0 Å². The first-order chi connectivity index (χ1) is 9.33. The molecule has 0 unspecified atom stereocenters. The molecule has 102 valence electrons. The smallest absolute Gasteiger partial charge is 0.0702 e. The molecule has 2 aromatic rings. The predicted molar refractivity (Wildman–Crippen MR) is 81.0 cm³/mol. The molecule has 2 N–H and O–H groups in total. The minimum atomic E-state index is 0.721. The molecule has 0 aliphatic rings. The molecule has 19 heavy (non-hydrogen) atoms. The first-order valence-electron chi connectivity index (χ1n) is 7.09. The number of benzene rings is 1. The highest BCUT2D eigenvalue weighted by molar-refractivity contribution is 5.78. The summed E-state index contributed by atoms with van der Waals surface area (Å²) in [6.07, 6.45) is 4.29. The SMILES string of the molecule is CCCCN(CCN)Cc1ccc2ncccc2c1. The summed E-state index contributed by atoms with van der Waals surface area (Å²) in [5.41, 5.74) is 8.09. The van der Waals surface area contributed by atoms with Crippen molar-refractivity contribution in [3.05, 3.63) is 42.1 Å². The molecule has 0 aliphatic carbocycles. The average molecular weight is 257 g/mol. The van der Waals surface area contributed by atoms with Gasteiger partial charge in [-0.3, -0.25) is 9.88 Å². The maximum atomic E-state index is 5.69. The van der Waals surface area contributed by atoms with E-state index >= 15 is 0 Å². The van der Waals surface area contributed by atoms with E-state index in [0.29, 0.717) is 0 Å². The van der Waals surface area contributed by atoms with Crippen LogP contribution in [0.1, 0.15) is 25.3 Å². The number of fused-ring (bicyclic) bond motifs is 1. The Morgan fingerprint density at radius 1 is 1.21 bits per heavy atom. The van der Waals surface area contributed by atoms with Crippen LogP contribution >= 0.6 is 0 Å². The van der Waals surface area contributed by atoms with Gasteiger partial charge in [0, 0.05) is 31.2 Å². The molecule has 0 aliphatic heterocycles. The molecule has 3 nitrogen and oxygen atoms in total. The zero-order valence-corrected chi connectivity index (χ0v) is 11.7. The van der Waals surface area contributed by atoms with E-state index in [1.54, 1.807) is 0 Å². The number of nitrogens with zero attached hydrogens (tertiary/aromatic N) is 2. The fourth-order valence-electron chi connectivity index (χ4n) is 2.32. The summed E-state index contributed by atoms with van der Waals surface area (Å²) in [5, 5.41) is 1.21. The molecule has 2 rings (SSSR count). The van der Waals surface area contributed by atoms with Crippen molar-refractivity contribution in [3.8, 4) is 0 Å². The maximum absolute atomic E-state index is 5.69. The fraction of sp³-hybridized carbons (Fsp3) is 0.438. The van der Waals surface area contributed by atoms with Gasteiger partial charge in [0.25, 0.3) is 0 Å². The highest BCUT2D eigenvalue weighted by Gasteiger charge is 2.05. The second-order valence-electron chi connectivity index (χ2n) is 4.95. The lowest BCUT2D eigenvalue weighted by atomic mass is 10.1. The molecule has 1 heterocycles. The highest BCUT2D eigenvalue weighted by atomic mass is 15.1. The van der Waals surface area contributed by atoms with E-state index in [1.165, 1.54) is 23.8 Å². The number of unbranched alkanes of at least 4 members (excludes halogenated alkanes) is 1. The zero-order chi connectivity index (χ0) is 13.5. The van der Waals surface area contributed by atoms with Crippen LogP contribution in [0.5, 0.6) is 0 Å². The monoisotopic (exact) mass is 257 g/mol. The summed E-state index contributed by atoms with van der Waals surface area (Å²) in [7, 11) is 0. The largest absolute Gasteiger partial charge is 0.329 e. The number of rotatable bonds is 7. The Kier molecular flexibility index (Phi) is 5.31. The Morgan fingerprint density at radius 3 is 2.89 bits per heavy atom. The predicted octanol–water partition coefficient (Wildman–Crippen LogP) is 2.80. The van der Waals surface area contributed by atoms with Gasteiger partial charge in [-0.15, -0.1) is 0 Å². The number of pyridine rings is 1. The molecule has 0 fully saturated rings. The van der Waals surface area contributed by atoms with E-state index in [4.69, 9.17) is 5.73 Å². The van der Waals surface area contributed by atoms with Crippen molar-refractivity contribution in [1.29, 1.82) is 0 Å². The summed E-state index contributed by atoms with van der Waals surface area (Å²) in [5.74, 6) is 0. The van der Waals surface area contributed by atoms with Crippen LogP contribution in [0.4, 0.5) is 0 Å². The quantitative estimate of drug-likeness (QED) is 0.829. The van der Waals surface area contributed by atoms with Crippen LogP contribution in [-0.2, 0) is 6.54 Å². The number of aromatic nitrogens is 1. The first kappa shape index (κ1) is 14.0. The summed E-state index contributed by atoms with van der Waals surface area (Å²) < 4.78 is 0. The molecule has 1 aromatic carbocycles. The third kappa shape index (κ3) is 4.01. The van der Waals surface area contributed by atoms with Gasteiger partial charge in [0.15, 0.2) is 0 Å². The molecule has 0 bridgehead atoms. The Hall–Kier alpha value is -1.45. The lowest BCUT2D eigenvalue weighted by molar-refractivity contribution is 0.268. The van der Waals surface area contributed by atoms with Crippen molar-refractivity contribution >= 4 is 10.9 Å². The van der Waals surface area contributed by atoms with Crippen LogP contribution in [0.25, 0.3) is 10.9 Å². The van der Waals surface area contributed by atoms with Crippen LogP contribution in [0.15, 0.2) is 36.5 Å². The molecular weight excluding hydrogens is 234 g/mol. The first-order valence-corrected chi connectivity index (χ1v) is 7.09. The third-order valence-corrected chi connectivity index (χ3v) is 3.35. The minimum Gasteiger partial charge on any atom is -0.329 e. The van der Waals surface area contributed by atoms with Crippen LogP contribution < -0.4 is 5.73 Å². The van der Waals surface area contributed by atoms with E-state index in [2.05, 4.69) is 41.1 Å². The van der Waals surface area contributed by atoms with Crippen LogP contribution in [0.3, 0.4) is 0 Å². The third-order valence-electron chi connectivity index (χ3n) is 3.35. The average Bonchev–Trinajstić information content (AvgIpc) is 2.45. The van der Waals surface area contributed by atoms with E-state index < -0.39 is 0 Å². The lowest BCUT2D eigenvalue weighted by Gasteiger charge is -2.21. The fourth-order valence-corrected chi connectivity index (χ4v) is 2.32. The Labute approximate surface area is 115 Å². The molecular formula is C16H23N3. The Morgan fingerprint density at radius 2 is 2.11 bits per heavy atom. The van der Waals surface area contributed by atoms with Crippen molar-refractivity contribution in [1.82, 2.24) is 9.88 Å². The van der Waals surface area contributed by atoms with Crippen molar-refractivity contribution in [2.24, 2.45) is 5.73 Å². The Balaban J connectivity index is 2.09. The van der Waals surface area contributed by atoms with Gasteiger partial charge in [0.1, 0.15) is 0 Å². The van der Waals surface area contributed by atoms with Gasteiger partial charge in [0.05, 0.1) is 5.52 Å². The van der Waals surface area contributed by atoms with Gasteiger partial charge in [-0.1, -0.05) is 25.5 Å². The normalized spacial score (nSPS) is 11.3. The van der Waals surface area contributed by atoms with Crippen molar-refractivity contribution in [2.45, 2.75) is 26.3 Å². The molecule has 0 saturated heterocycles. The molecule has 3 heteroatoms.